The van der Waals surface area contributed by atoms with E-state index in [1.54, 1.807) is 0 Å². The van der Waals surface area contributed by atoms with Gasteiger partial charge < -0.3 is 20.0 Å². The number of hydrogen-bond acceptors (Lipinski definition) is 2. The molecule has 160 valence electrons. The number of likely N-dealkylation sites (N-methyl/N-ethyl adjacent to an activating group) is 1. The lowest BCUT2D eigenvalue weighted by Crippen LogP contribution is -3.16. The molecule has 0 radical (unpaired) electrons. The molecule has 0 spiro atoms. The van der Waals surface area contributed by atoms with Crippen molar-refractivity contribution in [1.29, 1.82) is 0 Å². The molecule has 0 aliphatic carbocycles. The van der Waals surface area contributed by atoms with Crippen molar-refractivity contribution in [3.8, 4) is 0 Å². The van der Waals surface area contributed by atoms with Crippen LogP contribution in [0, 0.1) is 0 Å². The molecule has 0 bridgehead atoms. The Hall–Kier alpha value is -2.70. The van der Waals surface area contributed by atoms with Gasteiger partial charge >= 0.3 is 0 Å². The quantitative estimate of drug-likeness (QED) is 0.556. The lowest BCUT2D eigenvalue weighted by molar-refractivity contribution is -0.896. The molecule has 2 aromatic carbocycles. The second kappa shape index (κ2) is 10.9. The maximum absolute atomic E-state index is 12.7. The standard InChI is InChI=1S/C24H32N4O2/c1-3-21-11-7-8-12-22(21)25-23(29)18-27-13-15-28(16-14-27)24(30)19-26(2)17-20-9-5-4-6-10-20/h4-12H,3,13-19H2,1-2H3,(H,25,29)/p+2. The summed E-state index contributed by atoms with van der Waals surface area (Å²) in [4.78, 5) is 29.5. The van der Waals surface area contributed by atoms with E-state index in [0.29, 0.717) is 26.2 Å². The first-order valence-corrected chi connectivity index (χ1v) is 10.9. The predicted octanol–water partition coefficient (Wildman–Crippen LogP) is -0.370. The molecule has 1 saturated heterocycles. The molecule has 1 aliphatic rings. The number of para-hydroxylation sites is 1. The Morgan fingerprint density at radius 3 is 2.40 bits per heavy atom. The average molecular weight is 411 g/mol. The number of nitrogens with zero attached hydrogens (tertiary/aromatic N) is 1. The Balaban J connectivity index is 1.40. The minimum absolute atomic E-state index is 0.0396. The van der Waals surface area contributed by atoms with Gasteiger partial charge in [-0.3, -0.25) is 9.59 Å². The van der Waals surface area contributed by atoms with Crippen molar-refractivity contribution in [2.75, 3.05) is 51.6 Å². The van der Waals surface area contributed by atoms with Gasteiger partial charge in [0.15, 0.2) is 13.1 Å². The third kappa shape index (κ3) is 6.40. The highest BCUT2D eigenvalue weighted by atomic mass is 16.2. The number of benzene rings is 2. The van der Waals surface area contributed by atoms with Crippen molar-refractivity contribution in [3.63, 3.8) is 0 Å². The summed E-state index contributed by atoms with van der Waals surface area (Å²) in [6.45, 7) is 6.93. The smallest absolute Gasteiger partial charge is 0.279 e. The van der Waals surface area contributed by atoms with Gasteiger partial charge in [0.05, 0.1) is 33.2 Å². The van der Waals surface area contributed by atoms with Crippen LogP contribution < -0.4 is 15.1 Å². The molecule has 3 N–H and O–H groups in total. The zero-order chi connectivity index (χ0) is 21.3. The molecule has 30 heavy (non-hydrogen) atoms. The summed E-state index contributed by atoms with van der Waals surface area (Å²) in [6, 6.07) is 18.2. The van der Waals surface area contributed by atoms with Crippen molar-refractivity contribution < 1.29 is 19.4 Å². The summed E-state index contributed by atoms with van der Waals surface area (Å²) in [5, 5.41) is 3.05. The number of aryl methyl sites for hydroxylation is 1. The van der Waals surface area contributed by atoms with E-state index < -0.39 is 0 Å². The predicted molar refractivity (Wildman–Crippen MR) is 118 cm³/mol. The summed E-state index contributed by atoms with van der Waals surface area (Å²) in [7, 11) is 2.06. The van der Waals surface area contributed by atoms with Crippen LogP contribution in [0.5, 0.6) is 0 Å². The van der Waals surface area contributed by atoms with Crippen LogP contribution in [0.3, 0.4) is 0 Å². The van der Waals surface area contributed by atoms with Gasteiger partial charge in [-0.05, 0) is 18.1 Å². The highest BCUT2D eigenvalue weighted by molar-refractivity contribution is 5.92. The van der Waals surface area contributed by atoms with Crippen molar-refractivity contribution in [2.24, 2.45) is 0 Å². The largest absolute Gasteiger partial charge is 0.327 e. The van der Waals surface area contributed by atoms with E-state index >= 15 is 0 Å². The van der Waals surface area contributed by atoms with Crippen LogP contribution in [0.15, 0.2) is 54.6 Å². The van der Waals surface area contributed by atoms with Crippen molar-refractivity contribution >= 4 is 17.5 Å². The van der Waals surface area contributed by atoms with Gasteiger partial charge in [0, 0.05) is 11.3 Å². The van der Waals surface area contributed by atoms with Crippen LogP contribution in [0.1, 0.15) is 18.1 Å². The highest BCUT2D eigenvalue weighted by Gasteiger charge is 2.26. The summed E-state index contributed by atoms with van der Waals surface area (Å²) in [5.41, 5.74) is 3.30. The number of quaternary nitrogens is 2. The molecule has 1 heterocycles. The minimum Gasteiger partial charge on any atom is -0.327 e. The normalized spacial score (nSPS) is 15.6. The summed E-state index contributed by atoms with van der Waals surface area (Å²) >= 11 is 0. The Labute approximate surface area is 179 Å². The van der Waals surface area contributed by atoms with Gasteiger partial charge in [-0.25, -0.2) is 0 Å². The number of hydrogen-bond donors (Lipinski definition) is 3. The topological polar surface area (TPSA) is 58.3 Å². The summed E-state index contributed by atoms with van der Waals surface area (Å²) in [6.07, 6.45) is 0.894. The van der Waals surface area contributed by atoms with E-state index in [4.69, 9.17) is 0 Å². The molecule has 2 amide bonds. The number of piperazine rings is 1. The van der Waals surface area contributed by atoms with Crippen LogP contribution >= 0.6 is 0 Å². The molecule has 1 atom stereocenters. The number of nitrogens with one attached hydrogen (secondary N) is 3. The van der Waals surface area contributed by atoms with Crippen LogP contribution in [0.2, 0.25) is 0 Å². The first-order chi connectivity index (χ1) is 14.5. The van der Waals surface area contributed by atoms with Gasteiger partial charge in [-0.15, -0.1) is 0 Å². The summed E-state index contributed by atoms with van der Waals surface area (Å²) < 4.78 is 0. The van der Waals surface area contributed by atoms with E-state index in [-0.39, 0.29) is 11.8 Å². The third-order valence-corrected chi connectivity index (χ3v) is 5.71. The van der Waals surface area contributed by atoms with E-state index in [9.17, 15) is 9.59 Å². The maximum atomic E-state index is 12.7. The molecule has 0 saturated carbocycles. The van der Waals surface area contributed by atoms with Gasteiger partial charge in [-0.2, -0.15) is 0 Å². The second-order valence-electron chi connectivity index (χ2n) is 8.16. The molecule has 1 unspecified atom stereocenters. The number of anilines is 1. The zero-order valence-corrected chi connectivity index (χ0v) is 18.1. The Kier molecular flexibility index (Phi) is 7.99. The number of rotatable bonds is 8. The third-order valence-electron chi connectivity index (χ3n) is 5.71. The molecule has 2 aromatic rings. The van der Waals surface area contributed by atoms with Crippen LogP contribution in [-0.4, -0.2) is 63.0 Å². The monoisotopic (exact) mass is 410 g/mol. The minimum atomic E-state index is 0.0396. The molecule has 0 aromatic heterocycles. The van der Waals surface area contributed by atoms with E-state index in [1.807, 2.05) is 47.4 Å². The first kappa shape index (κ1) is 22.0. The lowest BCUT2D eigenvalue weighted by Gasteiger charge is -2.32. The fraction of sp³-hybridized carbons (Fsp3) is 0.417. The highest BCUT2D eigenvalue weighted by Crippen LogP contribution is 2.14. The summed E-state index contributed by atoms with van der Waals surface area (Å²) in [5.74, 6) is 0.238. The van der Waals surface area contributed by atoms with Gasteiger partial charge in [0.25, 0.3) is 11.8 Å². The number of carbonyl (C=O) groups excluding carboxylic acids is 2. The molecule has 6 nitrogen and oxygen atoms in total. The Bertz CT molecular complexity index is 832. The van der Waals surface area contributed by atoms with Crippen LogP contribution in [0.25, 0.3) is 0 Å². The van der Waals surface area contributed by atoms with Crippen LogP contribution in [0.4, 0.5) is 5.69 Å². The molecule has 6 heteroatoms. The van der Waals surface area contributed by atoms with Crippen LogP contribution in [-0.2, 0) is 22.6 Å². The molecule has 1 fully saturated rings. The first-order valence-electron chi connectivity index (χ1n) is 10.9. The second-order valence-corrected chi connectivity index (χ2v) is 8.16. The average Bonchev–Trinajstić information content (AvgIpc) is 2.75. The van der Waals surface area contributed by atoms with Gasteiger partial charge in [-0.1, -0.05) is 55.5 Å². The molecule has 1 aliphatic heterocycles. The zero-order valence-electron chi connectivity index (χ0n) is 18.1. The molecular formula is C24H34N4O2+2. The Morgan fingerprint density at radius 2 is 1.70 bits per heavy atom. The molecule has 3 rings (SSSR count). The Morgan fingerprint density at radius 1 is 1.03 bits per heavy atom. The number of carbonyl (C=O) groups is 2. The maximum Gasteiger partial charge on any atom is 0.279 e. The van der Waals surface area contributed by atoms with E-state index in [1.165, 1.54) is 15.4 Å². The number of amides is 2. The lowest BCUT2D eigenvalue weighted by atomic mass is 10.1. The van der Waals surface area contributed by atoms with Crippen molar-refractivity contribution in [2.45, 2.75) is 19.9 Å². The van der Waals surface area contributed by atoms with E-state index in [0.717, 1.165) is 37.3 Å². The van der Waals surface area contributed by atoms with Gasteiger partial charge in [0.2, 0.25) is 0 Å². The van der Waals surface area contributed by atoms with E-state index in [2.05, 4.69) is 31.4 Å². The molecular weight excluding hydrogens is 376 g/mol. The van der Waals surface area contributed by atoms with Crippen molar-refractivity contribution in [3.05, 3.63) is 65.7 Å². The van der Waals surface area contributed by atoms with Gasteiger partial charge in [0.1, 0.15) is 6.54 Å². The fourth-order valence-corrected chi connectivity index (χ4v) is 4.00. The fourth-order valence-electron chi connectivity index (χ4n) is 4.00. The van der Waals surface area contributed by atoms with Crippen molar-refractivity contribution in [1.82, 2.24) is 4.90 Å². The SMILES string of the molecule is CCc1ccccc1NC(=O)C[NH+]1CCN(C(=O)C[NH+](C)Cc2ccccc2)CC1.